The normalized spacial score (nSPS) is 15.5. The first kappa shape index (κ1) is 21.8. The van der Waals surface area contributed by atoms with E-state index >= 15 is 0 Å². The van der Waals surface area contributed by atoms with Gasteiger partial charge in [-0.25, -0.2) is 12.8 Å². The topological polar surface area (TPSA) is 74.2 Å². The first-order valence-corrected chi connectivity index (χ1v) is 9.96. The first-order chi connectivity index (χ1) is 13.9. The Bertz CT molecular complexity index is 1110. The molecule has 0 saturated carbocycles. The molecule has 0 amide bonds. The molecule has 0 aromatic heterocycles. The van der Waals surface area contributed by atoms with Gasteiger partial charge in [0.1, 0.15) is 17.2 Å². The molecule has 162 valence electrons. The van der Waals surface area contributed by atoms with Gasteiger partial charge in [0.05, 0.1) is 0 Å². The molecule has 2 aromatic carbocycles. The van der Waals surface area contributed by atoms with Gasteiger partial charge in [-0.1, -0.05) is 11.2 Å². The van der Waals surface area contributed by atoms with Crippen LogP contribution in [0.25, 0.3) is 0 Å². The maximum absolute atomic E-state index is 14.3. The lowest BCUT2D eigenvalue weighted by Crippen LogP contribution is -2.26. The van der Waals surface area contributed by atoms with E-state index in [-0.39, 0.29) is 6.42 Å². The maximum atomic E-state index is 14.3. The molecule has 3 rings (SSSR count). The fraction of sp³-hybridized carbons (Fsp3) is 0.278. The summed E-state index contributed by atoms with van der Waals surface area (Å²) in [6.07, 6.45) is -0.132. The number of nitrogens with zero attached hydrogens (tertiary/aromatic N) is 1. The summed E-state index contributed by atoms with van der Waals surface area (Å²) in [6, 6.07) is 3.99. The highest BCUT2D eigenvalue weighted by Gasteiger charge is 2.37. The summed E-state index contributed by atoms with van der Waals surface area (Å²) in [7, 11) is -4.30. The van der Waals surface area contributed by atoms with Gasteiger partial charge in [0.15, 0.2) is 16.7 Å². The van der Waals surface area contributed by atoms with Crippen molar-refractivity contribution in [1.82, 2.24) is 0 Å². The van der Waals surface area contributed by atoms with Crippen LogP contribution in [0.15, 0.2) is 29.4 Å². The summed E-state index contributed by atoms with van der Waals surface area (Å²) < 4.78 is 104. The van der Waals surface area contributed by atoms with Crippen molar-refractivity contribution >= 4 is 14.9 Å². The fourth-order valence-electron chi connectivity index (χ4n) is 2.43. The van der Waals surface area contributed by atoms with Crippen LogP contribution in [0.3, 0.4) is 0 Å². The Hall–Kier alpha value is -2.89. The van der Waals surface area contributed by atoms with Gasteiger partial charge in [-0.15, -0.1) is 0 Å². The minimum atomic E-state index is -4.30. The van der Waals surface area contributed by atoms with E-state index in [9.17, 15) is 30.4 Å². The van der Waals surface area contributed by atoms with Gasteiger partial charge in [0.25, 0.3) is 0 Å². The molecule has 1 aliphatic rings. The Kier molecular flexibility index (Phi) is 5.63. The van der Waals surface area contributed by atoms with Crippen molar-refractivity contribution in [1.29, 1.82) is 0 Å². The summed E-state index contributed by atoms with van der Waals surface area (Å²) in [5.74, 6) is -13.7. The van der Waals surface area contributed by atoms with Crippen LogP contribution in [0, 0.1) is 29.1 Å². The number of rotatable bonds is 5. The molecule has 30 heavy (non-hydrogen) atoms. The second-order valence-corrected chi connectivity index (χ2v) is 8.80. The summed E-state index contributed by atoms with van der Waals surface area (Å²) >= 11 is 0. The van der Waals surface area contributed by atoms with Crippen LogP contribution in [0.2, 0.25) is 0 Å². The van der Waals surface area contributed by atoms with E-state index in [4.69, 9.17) is 9.57 Å². The predicted molar refractivity (Wildman–Crippen MR) is 94.4 cm³/mol. The Labute approximate surface area is 167 Å². The summed E-state index contributed by atoms with van der Waals surface area (Å²) in [5.41, 5.74) is -0.910. The molecule has 0 aliphatic carbocycles. The molecule has 0 saturated heterocycles. The zero-order valence-corrected chi connectivity index (χ0v) is 16.3. The molecular formula is C18H14F5NO5S. The van der Waals surface area contributed by atoms with E-state index in [1.54, 1.807) is 13.8 Å². The number of sulfone groups is 1. The van der Waals surface area contributed by atoms with E-state index in [2.05, 4.69) is 9.89 Å². The quantitative estimate of drug-likeness (QED) is 0.497. The molecule has 1 aliphatic heterocycles. The van der Waals surface area contributed by atoms with Gasteiger partial charge in [-0.2, -0.15) is 17.6 Å². The van der Waals surface area contributed by atoms with E-state index in [0.29, 0.717) is 0 Å². The minimum Gasteiger partial charge on any atom is -0.471 e. The smallest absolute Gasteiger partial charge is 0.230 e. The monoisotopic (exact) mass is 451 g/mol. The van der Waals surface area contributed by atoms with E-state index in [0.717, 1.165) is 24.3 Å². The lowest BCUT2D eigenvalue weighted by molar-refractivity contribution is 0.0123. The van der Waals surface area contributed by atoms with Crippen LogP contribution in [0.4, 0.5) is 22.0 Å². The molecule has 2 aromatic rings. The number of benzene rings is 2. The van der Waals surface area contributed by atoms with E-state index < -0.39 is 72.8 Å². The van der Waals surface area contributed by atoms with Gasteiger partial charge in [-0.05, 0) is 26.0 Å². The predicted octanol–water partition coefficient (Wildman–Crippen LogP) is 4.44. The van der Waals surface area contributed by atoms with Crippen LogP contribution < -0.4 is 9.47 Å². The fourth-order valence-corrected chi connectivity index (χ4v) is 3.56. The molecule has 0 unspecified atom stereocenters. The molecule has 0 bridgehead atoms. The molecule has 12 heteroatoms. The maximum Gasteiger partial charge on any atom is 0.230 e. The highest BCUT2D eigenvalue weighted by Crippen LogP contribution is 2.37. The average Bonchev–Trinajstić information content (AvgIpc) is 3.04. The van der Waals surface area contributed by atoms with Gasteiger partial charge >= 0.3 is 0 Å². The standard InChI is InChI=1S/C18H14F5NO5S/c1-18(2)7-11(24-29-18)30(25,26)8-27-16-12(20)14(22)17(15(23)13(16)21)28-10-5-3-4-9(19)6-10/h3-6H,7-8H2,1-2H3. The third-order valence-electron chi connectivity index (χ3n) is 3.89. The van der Waals surface area contributed by atoms with E-state index in [1.165, 1.54) is 0 Å². The van der Waals surface area contributed by atoms with Crippen molar-refractivity contribution < 1.29 is 44.7 Å². The van der Waals surface area contributed by atoms with Crippen molar-refractivity contribution in [2.75, 3.05) is 5.94 Å². The Morgan fingerprint density at radius 3 is 2.17 bits per heavy atom. The molecule has 0 radical (unpaired) electrons. The van der Waals surface area contributed by atoms with Gasteiger partial charge < -0.3 is 14.3 Å². The highest BCUT2D eigenvalue weighted by atomic mass is 32.2. The van der Waals surface area contributed by atoms with Crippen LogP contribution in [0.1, 0.15) is 20.3 Å². The molecule has 0 N–H and O–H groups in total. The van der Waals surface area contributed by atoms with Crippen molar-refractivity contribution in [2.45, 2.75) is 25.9 Å². The van der Waals surface area contributed by atoms with Crippen LogP contribution in [0.5, 0.6) is 17.2 Å². The van der Waals surface area contributed by atoms with Crippen LogP contribution in [-0.2, 0) is 14.7 Å². The third-order valence-corrected chi connectivity index (χ3v) is 5.25. The Balaban J connectivity index is 1.86. The molecule has 0 spiro atoms. The number of ether oxygens (including phenoxy) is 2. The lowest BCUT2D eigenvalue weighted by Gasteiger charge is -2.14. The largest absolute Gasteiger partial charge is 0.471 e. The van der Waals surface area contributed by atoms with Crippen molar-refractivity contribution in [2.24, 2.45) is 5.16 Å². The second-order valence-electron chi connectivity index (χ2n) is 6.86. The van der Waals surface area contributed by atoms with E-state index in [1.807, 2.05) is 0 Å². The van der Waals surface area contributed by atoms with Gasteiger partial charge in [0.2, 0.25) is 38.9 Å². The third kappa shape index (κ3) is 4.32. The lowest BCUT2D eigenvalue weighted by atomic mass is 10.1. The molecule has 0 atom stereocenters. The minimum absolute atomic E-state index is 0.132. The second kappa shape index (κ2) is 7.74. The number of hydrogen-bond donors (Lipinski definition) is 0. The number of hydrogen-bond acceptors (Lipinski definition) is 6. The Morgan fingerprint density at radius 2 is 1.63 bits per heavy atom. The van der Waals surface area contributed by atoms with Crippen LogP contribution >= 0.6 is 0 Å². The van der Waals surface area contributed by atoms with Crippen molar-refractivity contribution in [3.8, 4) is 17.2 Å². The van der Waals surface area contributed by atoms with Gasteiger partial charge in [0, 0.05) is 12.5 Å². The number of halogens is 5. The first-order valence-electron chi connectivity index (χ1n) is 8.31. The molecule has 1 heterocycles. The van der Waals surface area contributed by atoms with Crippen molar-refractivity contribution in [3.05, 3.63) is 53.4 Å². The van der Waals surface area contributed by atoms with Gasteiger partial charge in [-0.3, -0.25) is 0 Å². The summed E-state index contributed by atoms with van der Waals surface area (Å²) in [4.78, 5) is 4.90. The zero-order chi connectivity index (χ0) is 22.3. The Morgan fingerprint density at radius 1 is 1.03 bits per heavy atom. The molecule has 6 nitrogen and oxygen atoms in total. The summed E-state index contributed by atoms with van der Waals surface area (Å²) in [6.45, 7) is 3.11. The van der Waals surface area contributed by atoms with Crippen LogP contribution in [-0.4, -0.2) is 25.0 Å². The number of oxime groups is 1. The average molecular weight is 451 g/mol. The highest BCUT2D eigenvalue weighted by molar-refractivity contribution is 8.06. The zero-order valence-electron chi connectivity index (χ0n) is 15.5. The SMILES string of the molecule is CC1(C)CC(S(=O)(=O)COc2c(F)c(F)c(Oc3cccc(F)c3)c(F)c2F)=NO1. The molecule has 0 fully saturated rings. The molecular weight excluding hydrogens is 437 g/mol. The summed E-state index contributed by atoms with van der Waals surface area (Å²) in [5, 5.41) is 2.94. The van der Waals surface area contributed by atoms with Crippen molar-refractivity contribution in [3.63, 3.8) is 0 Å².